The van der Waals surface area contributed by atoms with Crippen LogP contribution < -0.4 is 0 Å². The van der Waals surface area contributed by atoms with E-state index in [-0.39, 0.29) is 11.3 Å². The van der Waals surface area contributed by atoms with E-state index in [0.29, 0.717) is 4.47 Å². The second-order valence-corrected chi connectivity index (χ2v) is 3.12. The summed E-state index contributed by atoms with van der Waals surface area (Å²) >= 11 is 3.10. The lowest BCUT2D eigenvalue weighted by Gasteiger charge is -1.96. The molecule has 0 radical (unpaired) electrons. The normalized spacial score (nSPS) is 10.5. The van der Waals surface area contributed by atoms with E-state index in [0.717, 1.165) is 6.21 Å². The lowest BCUT2D eigenvalue weighted by molar-refractivity contribution is -0.385. The lowest BCUT2D eigenvalue weighted by atomic mass is 10.2. The third-order valence-corrected chi connectivity index (χ3v) is 1.88. The van der Waals surface area contributed by atoms with Crippen molar-refractivity contribution in [3.63, 3.8) is 0 Å². The predicted octanol–water partition coefficient (Wildman–Crippen LogP) is 2.17. The van der Waals surface area contributed by atoms with Crippen LogP contribution in [0.1, 0.15) is 5.56 Å². The quantitative estimate of drug-likeness (QED) is 0.375. The summed E-state index contributed by atoms with van der Waals surface area (Å²) in [5, 5.41) is 21.5. The lowest BCUT2D eigenvalue weighted by Crippen LogP contribution is -1.94. The van der Waals surface area contributed by atoms with Crippen molar-refractivity contribution < 1.29 is 10.1 Å². The van der Waals surface area contributed by atoms with Crippen LogP contribution in [0.4, 0.5) is 5.69 Å². The van der Waals surface area contributed by atoms with Crippen LogP contribution in [0.25, 0.3) is 0 Å². The van der Waals surface area contributed by atoms with Crippen molar-refractivity contribution >= 4 is 27.8 Å². The Balaban J connectivity index is 3.26. The number of nitro groups is 1. The van der Waals surface area contributed by atoms with Gasteiger partial charge in [0.2, 0.25) is 0 Å². The first-order valence-electron chi connectivity index (χ1n) is 3.26. The molecule has 0 aliphatic carbocycles. The molecule has 0 saturated carbocycles. The second kappa shape index (κ2) is 3.99. The Morgan fingerprint density at radius 1 is 1.62 bits per heavy atom. The maximum Gasteiger partial charge on any atom is 0.279 e. The fraction of sp³-hybridized carbons (Fsp3) is 0. The first-order chi connectivity index (χ1) is 6.15. The predicted molar refractivity (Wildman–Crippen MR) is 50.2 cm³/mol. The van der Waals surface area contributed by atoms with E-state index in [4.69, 9.17) is 5.21 Å². The molecule has 13 heavy (non-hydrogen) atoms. The monoisotopic (exact) mass is 244 g/mol. The molecule has 1 aromatic carbocycles. The average molecular weight is 245 g/mol. The van der Waals surface area contributed by atoms with Crippen molar-refractivity contribution in [1.29, 1.82) is 0 Å². The molecule has 0 bridgehead atoms. The summed E-state index contributed by atoms with van der Waals surface area (Å²) < 4.78 is 0.606. The molecular weight excluding hydrogens is 240 g/mol. The summed E-state index contributed by atoms with van der Waals surface area (Å²) in [6.07, 6.45) is 1.02. The van der Waals surface area contributed by atoms with Gasteiger partial charge in [-0.05, 0) is 12.1 Å². The molecule has 0 aromatic heterocycles. The highest BCUT2D eigenvalue weighted by atomic mass is 79.9. The molecule has 0 unspecified atom stereocenters. The maximum absolute atomic E-state index is 10.5. The van der Waals surface area contributed by atoms with Crippen LogP contribution in [0.2, 0.25) is 0 Å². The van der Waals surface area contributed by atoms with E-state index in [9.17, 15) is 10.1 Å². The van der Waals surface area contributed by atoms with Gasteiger partial charge < -0.3 is 5.21 Å². The first-order valence-corrected chi connectivity index (χ1v) is 4.06. The van der Waals surface area contributed by atoms with Crippen LogP contribution in [0, 0.1) is 10.1 Å². The van der Waals surface area contributed by atoms with Gasteiger partial charge in [0, 0.05) is 10.5 Å². The Kier molecular flexibility index (Phi) is 2.97. The zero-order chi connectivity index (χ0) is 9.84. The van der Waals surface area contributed by atoms with Crippen molar-refractivity contribution in [3.8, 4) is 0 Å². The average Bonchev–Trinajstić information content (AvgIpc) is 2.08. The van der Waals surface area contributed by atoms with Gasteiger partial charge in [-0.2, -0.15) is 0 Å². The van der Waals surface area contributed by atoms with Gasteiger partial charge in [0.25, 0.3) is 5.69 Å². The van der Waals surface area contributed by atoms with Crippen LogP contribution in [0.5, 0.6) is 0 Å². The summed E-state index contributed by atoms with van der Waals surface area (Å²) in [6.45, 7) is 0. The number of hydrogen-bond acceptors (Lipinski definition) is 4. The Labute approximate surface area is 82.0 Å². The molecule has 0 fully saturated rings. The third-order valence-electron chi connectivity index (χ3n) is 1.39. The minimum atomic E-state index is -0.540. The number of oxime groups is 1. The van der Waals surface area contributed by atoms with Crippen molar-refractivity contribution in [2.45, 2.75) is 0 Å². The van der Waals surface area contributed by atoms with Gasteiger partial charge in [-0.25, -0.2) is 0 Å². The molecule has 0 spiro atoms. The number of hydrogen-bond donors (Lipinski definition) is 1. The van der Waals surface area contributed by atoms with Crippen LogP contribution in [0.3, 0.4) is 0 Å². The number of benzene rings is 1. The van der Waals surface area contributed by atoms with Crippen molar-refractivity contribution in [2.24, 2.45) is 5.16 Å². The smallest absolute Gasteiger partial charge is 0.279 e. The van der Waals surface area contributed by atoms with Gasteiger partial charge >= 0.3 is 0 Å². The molecule has 0 amide bonds. The van der Waals surface area contributed by atoms with Crippen molar-refractivity contribution in [1.82, 2.24) is 0 Å². The number of halogens is 1. The van der Waals surface area contributed by atoms with E-state index >= 15 is 0 Å². The minimum absolute atomic E-state index is 0.104. The molecule has 1 N–H and O–H groups in total. The van der Waals surface area contributed by atoms with Gasteiger partial charge in [0.05, 0.1) is 16.7 Å². The Hall–Kier alpha value is -1.43. The second-order valence-electron chi connectivity index (χ2n) is 2.20. The van der Waals surface area contributed by atoms with E-state index in [1.54, 1.807) is 6.07 Å². The summed E-state index contributed by atoms with van der Waals surface area (Å²) in [5.41, 5.74) is 0.155. The van der Waals surface area contributed by atoms with Gasteiger partial charge in [0.1, 0.15) is 0 Å². The van der Waals surface area contributed by atoms with Crippen LogP contribution in [-0.4, -0.2) is 16.3 Å². The summed E-state index contributed by atoms with van der Waals surface area (Å²) in [7, 11) is 0. The molecule has 68 valence electrons. The van der Waals surface area contributed by atoms with Gasteiger partial charge in [-0.1, -0.05) is 21.1 Å². The van der Waals surface area contributed by atoms with Crippen LogP contribution in [-0.2, 0) is 0 Å². The zero-order valence-corrected chi connectivity index (χ0v) is 7.93. The molecule has 0 aliphatic rings. The largest absolute Gasteiger partial charge is 0.411 e. The van der Waals surface area contributed by atoms with Crippen LogP contribution in [0.15, 0.2) is 27.8 Å². The van der Waals surface area contributed by atoms with E-state index in [2.05, 4.69) is 21.1 Å². The van der Waals surface area contributed by atoms with Crippen molar-refractivity contribution in [2.75, 3.05) is 0 Å². The molecule has 1 aromatic rings. The summed E-state index contributed by atoms with van der Waals surface area (Å²) in [5.74, 6) is 0. The number of nitrogens with zero attached hydrogens (tertiary/aromatic N) is 2. The molecule has 0 saturated heterocycles. The van der Waals surface area contributed by atoms with E-state index < -0.39 is 4.92 Å². The SMILES string of the molecule is O=[N+]([O-])c1cc(Br)ccc1C=NO. The standard InChI is InChI=1S/C7H5BrN2O3/c8-6-2-1-5(4-9-11)7(3-6)10(12)13/h1-4,11H. The Morgan fingerprint density at radius 3 is 2.85 bits per heavy atom. The molecule has 0 atom stereocenters. The molecule has 1 rings (SSSR count). The van der Waals surface area contributed by atoms with E-state index in [1.165, 1.54) is 12.1 Å². The molecule has 0 heterocycles. The highest BCUT2D eigenvalue weighted by Gasteiger charge is 2.11. The molecule has 0 aliphatic heterocycles. The number of rotatable bonds is 2. The zero-order valence-electron chi connectivity index (χ0n) is 6.35. The Bertz CT molecular complexity index is 365. The van der Waals surface area contributed by atoms with Gasteiger partial charge in [-0.3, -0.25) is 10.1 Å². The van der Waals surface area contributed by atoms with E-state index in [1.807, 2.05) is 0 Å². The highest BCUT2D eigenvalue weighted by Crippen LogP contribution is 2.21. The topological polar surface area (TPSA) is 75.7 Å². The van der Waals surface area contributed by atoms with Crippen molar-refractivity contribution in [3.05, 3.63) is 38.3 Å². The summed E-state index contributed by atoms with van der Waals surface area (Å²) in [6, 6.07) is 4.46. The Morgan fingerprint density at radius 2 is 2.31 bits per heavy atom. The minimum Gasteiger partial charge on any atom is -0.411 e. The number of nitro benzene ring substituents is 1. The fourth-order valence-corrected chi connectivity index (χ4v) is 1.20. The fourth-order valence-electron chi connectivity index (χ4n) is 0.846. The van der Waals surface area contributed by atoms with Gasteiger partial charge in [-0.15, -0.1) is 0 Å². The van der Waals surface area contributed by atoms with Crippen LogP contribution >= 0.6 is 15.9 Å². The molecular formula is C7H5BrN2O3. The maximum atomic E-state index is 10.5. The van der Waals surface area contributed by atoms with Gasteiger partial charge in [0.15, 0.2) is 0 Å². The molecule has 6 heteroatoms. The summed E-state index contributed by atoms with van der Waals surface area (Å²) in [4.78, 5) is 9.95. The highest BCUT2D eigenvalue weighted by molar-refractivity contribution is 9.10. The molecule has 5 nitrogen and oxygen atoms in total. The first kappa shape index (κ1) is 9.66. The third kappa shape index (κ3) is 2.25.